The monoisotopic (exact) mass is 193 g/mol. The fourth-order valence-electron chi connectivity index (χ4n) is 2.59. The normalized spacial score (nSPS) is 27.7. The Labute approximate surface area is 82.9 Å². The summed E-state index contributed by atoms with van der Waals surface area (Å²) in [5, 5.41) is 0.812. The van der Waals surface area contributed by atoms with Crippen LogP contribution in [0.25, 0.3) is 0 Å². The number of hydrogen-bond acceptors (Lipinski definition) is 1. The smallest absolute Gasteiger partial charge is 0.0409 e. The number of benzene rings is 1. The zero-order valence-corrected chi connectivity index (χ0v) is 8.14. The van der Waals surface area contributed by atoms with Crippen molar-refractivity contribution >= 4 is 11.6 Å². The lowest BCUT2D eigenvalue weighted by Crippen LogP contribution is -2.07. The van der Waals surface area contributed by atoms with Crippen LogP contribution in [0.5, 0.6) is 0 Å². The molecule has 1 atom stereocenters. The van der Waals surface area contributed by atoms with Crippen molar-refractivity contribution in [2.45, 2.75) is 30.7 Å². The minimum atomic E-state index is 0.219. The van der Waals surface area contributed by atoms with Gasteiger partial charge in [-0.05, 0) is 47.9 Å². The second-order valence-corrected chi connectivity index (χ2v) is 4.76. The van der Waals surface area contributed by atoms with Gasteiger partial charge >= 0.3 is 0 Å². The van der Waals surface area contributed by atoms with E-state index in [1.165, 1.54) is 24.0 Å². The molecule has 1 spiro atoms. The van der Waals surface area contributed by atoms with Crippen LogP contribution in [0, 0.1) is 0 Å². The van der Waals surface area contributed by atoms with E-state index in [9.17, 15) is 0 Å². The molecule has 0 heterocycles. The Morgan fingerprint density at radius 2 is 2.15 bits per heavy atom. The maximum Gasteiger partial charge on any atom is 0.0409 e. The van der Waals surface area contributed by atoms with E-state index in [2.05, 4.69) is 6.07 Å². The molecule has 1 nitrogen and oxygen atoms in total. The highest BCUT2D eigenvalue weighted by atomic mass is 35.5. The quantitative estimate of drug-likeness (QED) is 0.674. The third-order valence-electron chi connectivity index (χ3n) is 3.45. The Hall–Kier alpha value is -0.530. The Morgan fingerprint density at radius 3 is 2.85 bits per heavy atom. The first kappa shape index (κ1) is 7.84. The van der Waals surface area contributed by atoms with Crippen LogP contribution in [0.1, 0.15) is 36.4 Å². The Bertz CT molecular complexity index is 368. The van der Waals surface area contributed by atoms with E-state index < -0.39 is 0 Å². The number of hydrogen-bond donors (Lipinski definition) is 1. The summed E-state index contributed by atoms with van der Waals surface area (Å²) in [7, 11) is 0. The molecule has 1 saturated carbocycles. The summed E-state index contributed by atoms with van der Waals surface area (Å²) < 4.78 is 0. The molecule has 0 aliphatic heterocycles. The molecule has 1 fully saturated rings. The van der Waals surface area contributed by atoms with E-state index >= 15 is 0 Å². The summed E-state index contributed by atoms with van der Waals surface area (Å²) in [5.41, 5.74) is 9.27. The van der Waals surface area contributed by atoms with Crippen molar-refractivity contribution in [1.29, 1.82) is 0 Å². The van der Waals surface area contributed by atoms with E-state index in [4.69, 9.17) is 17.3 Å². The molecule has 1 aromatic rings. The van der Waals surface area contributed by atoms with Crippen molar-refractivity contribution in [1.82, 2.24) is 0 Å². The van der Waals surface area contributed by atoms with Crippen molar-refractivity contribution in [3.05, 3.63) is 34.3 Å². The van der Waals surface area contributed by atoms with Crippen LogP contribution in [-0.2, 0) is 5.41 Å². The molecule has 68 valence electrons. The van der Waals surface area contributed by atoms with Gasteiger partial charge in [0.2, 0.25) is 0 Å². The predicted molar refractivity (Wildman–Crippen MR) is 53.9 cm³/mol. The number of halogens is 1. The van der Waals surface area contributed by atoms with Crippen molar-refractivity contribution in [3.8, 4) is 0 Å². The second kappa shape index (κ2) is 2.28. The molecular formula is C11H12ClN. The lowest BCUT2D eigenvalue weighted by Gasteiger charge is -2.06. The molecular weight excluding hydrogens is 182 g/mol. The highest BCUT2D eigenvalue weighted by molar-refractivity contribution is 6.30. The van der Waals surface area contributed by atoms with Crippen LogP contribution < -0.4 is 5.73 Å². The van der Waals surface area contributed by atoms with Crippen LogP contribution >= 0.6 is 11.6 Å². The molecule has 0 radical (unpaired) electrons. The Kier molecular flexibility index (Phi) is 1.38. The largest absolute Gasteiger partial charge is 0.324 e. The first-order valence-electron chi connectivity index (χ1n) is 4.77. The van der Waals surface area contributed by atoms with E-state index in [1.54, 1.807) is 0 Å². The highest BCUT2D eigenvalue weighted by Crippen LogP contribution is 2.59. The Balaban J connectivity index is 2.19. The van der Waals surface area contributed by atoms with Gasteiger partial charge in [-0.2, -0.15) is 0 Å². The van der Waals surface area contributed by atoms with E-state index in [0.717, 1.165) is 11.4 Å². The third kappa shape index (κ3) is 0.976. The molecule has 2 N–H and O–H groups in total. The molecule has 0 aromatic heterocycles. The zero-order valence-electron chi connectivity index (χ0n) is 7.39. The van der Waals surface area contributed by atoms with Crippen molar-refractivity contribution in [3.63, 3.8) is 0 Å². The van der Waals surface area contributed by atoms with Crippen LogP contribution in [0.15, 0.2) is 18.2 Å². The van der Waals surface area contributed by atoms with Gasteiger partial charge in [0, 0.05) is 11.1 Å². The average molecular weight is 194 g/mol. The summed E-state index contributed by atoms with van der Waals surface area (Å²) in [6, 6.07) is 6.40. The molecule has 2 heteroatoms. The molecule has 0 bridgehead atoms. The van der Waals surface area contributed by atoms with E-state index in [1.807, 2.05) is 12.1 Å². The summed E-state index contributed by atoms with van der Waals surface area (Å²) in [6.07, 6.45) is 3.76. The maximum absolute atomic E-state index is 6.07. The first-order chi connectivity index (χ1) is 6.21. The van der Waals surface area contributed by atoms with E-state index in [-0.39, 0.29) is 6.04 Å². The van der Waals surface area contributed by atoms with Gasteiger partial charge in [-0.1, -0.05) is 17.7 Å². The minimum Gasteiger partial charge on any atom is -0.324 e. The standard InChI is InChI=1S/C11H12ClN/c12-7-1-2-9-8(5-7)10(13)6-11(9)3-4-11/h1-2,5,10H,3-4,6,13H2. The topological polar surface area (TPSA) is 26.0 Å². The van der Waals surface area contributed by atoms with Gasteiger partial charge < -0.3 is 5.73 Å². The van der Waals surface area contributed by atoms with Crippen LogP contribution in [0.3, 0.4) is 0 Å². The SMILES string of the molecule is NC1CC2(CC2)c2ccc(Cl)cc21. The summed E-state index contributed by atoms with van der Waals surface area (Å²) >= 11 is 5.95. The third-order valence-corrected chi connectivity index (χ3v) is 3.68. The van der Waals surface area contributed by atoms with Crippen LogP contribution in [-0.4, -0.2) is 0 Å². The molecule has 0 saturated heterocycles. The summed E-state index contributed by atoms with van der Waals surface area (Å²) in [6.45, 7) is 0. The predicted octanol–water partition coefficient (Wildman–Crippen LogP) is 2.78. The summed E-state index contributed by atoms with van der Waals surface area (Å²) in [5.74, 6) is 0. The van der Waals surface area contributed by atoms with Gasteiger partial charge in [-0.3, -0.25) is 0 Å². The fourth-order valence-corrected chi connectivity index (χ4v) is 2.77. The van der Waals surface area contributed by atoms with Gasteiger partial charge in [-0.25, -0.2) is 0 Å². The lowest BCUT2D eigenvalue weighted by molar-refractivity contribution is 0.597. The molecule has 1 unspecified atom stereocenters. The van der Waals surface area contributed by atoms with Crippen molar-refractivity contribution in [2.24, 2.45) is 5.73 Å². The summed E-state index contributed by atoms with van der Waals surface area (Å²) in [4.78, 5) is 0. The molecule has 3 rings (SSSR count). The number of fused-ring (bicyclic) bond motifs is 2. The maximum atomic E-state index is 6.07. The Morgan fingerprint density at radius 1 is 1.38 bits per heavy atom. The first-order valence-corrected chi connectivity index (χ1v) is 5.15. The van der Waals surface area contributed by atoms with Crippen LogP contribution in [0.2, 0.25) is 5.02 Å². The number of nitrogens with two attached hydrogens (primary N) is 1. The average Bonchev–Trinajstić information content (AvgIpc) is 2.79. The number of rotatable bonds is 0. The highest BCUT2D eigenvalue weighted by Gasteiger charge is 2.51. The van der Waals surface area contributed by atoms with Gasteiger partial charge in [-0.15, -0.1) is 0 Å². The molecule has 2 aliphatic rings. The molecule has 2 aliphatic carbocycles. The molecule has 13 heavy (non-hydrogen) atoms. The van der Waals surface area contributed by atoms with Gasteiger partial charge in [0.1, 0.15) is 0 Å². The van der Waals surface area contributed by atoms with Gasteiger partial charge in [0.25, 0.3) is 0 Å². The van der Waals surface area contributed by atoms with Crippen molar-refractivity contribution in [2.75, 3.05) is 0 Å². The second-order valence-electron chi connectivity index (χ2n) is 4.32. The van der Waals surface area contributed by atoms with Gasteiger partial charge in [0.15, 0.2) is 0 Å². The van der Waals surface area contributed by atoms with Crippen LogP contribution in [0.4, 0.5) is 0 Å². The lowest BCUT2D eigenvalue weighted by atomic mass is 9.99. The van der Waals surface area contributed by atoms with Gasteiger partial charge in [0.05, 0.1) is 0 Å². The molecule has 0 amide bonds. The molecule has 1 aromatic carbocycles. The van der Waals surface area contributed by atoms with E-state index in [0.29, 0.717) is 5.41 Å². The van der Waals surface area contributed by atoms with Crippen molar-refractivity contribution < 1.29 is 0 Å². The zero-order chi connectivity index (χ0) is 9.05. The minimum absolute atomic E-state index is 0.219. The fraction of sp³-hybridized carbons (Fsp3) is 0.455.